The van der Waals surface area contributed by atoms with Crippen LogP contribution in [-0.4, -0.2) is 36.1 Å². The third-order valence-corrected chi connectivity index (χ3v) is 4.31. The highest BCUT2D eigenvalue weighted by molar-refractivity contribution is 5.91. The van der Waals surface area contributed by atoms with E-state index in [-0.39, 0.29) is 0 Å². The van der Waals surface area contributed by atoms with Crippen molar-refractivity contribution in [3.8, 4) is 11.4 Å². The summed E-state index contributed by atoms with van der Waals surface area (Å²) in [6.07, 6.45) is 0. The first-order chi connectivity index (χ1) is 11.3. The molecule has 3 aromatic rings. The fourth-order valence-corrected chi connectivity index (χ4v) is 3.01. The summed E-state index contributed by atoms with van der Waals surface area (Å²) in [5, 5.41) is 4.53. The number of hydrogen-bond acceptors (Lipinski definition) is 4. The van der Waals surface area contributed by atoms with Crippen LogP contribution in [-0.2, 0) is 0 Å². The van der Waals surface area contributed by atoms with Crippen molar-refractivity contribution >= 4 is 16.7 Å². The molecule has 1 saturated heterocycles. The van der Waals surface area contributed by atoms with Crippen molar-refractivity contribution in [1.82, 2.24) is 15.3 Å². The number of aryl methyl sites for hydroxylation is 1. The van der Waals surface area contributed by atoms with E-state index in [1.165, 1.54) is 5.56 Å². The van der Waals surface area contributed by atoms with Crippen molar-refractivity contribution in [3.63, 3.8) is 0 Å². The fourth-order valence-electron chi connectivity index (χ4n) is 3.01. The maximum atomic E-state index is 4.91. The Hall–Kier alpha value is -2.46. The van der Waals surface area contributed by atoms with E-state index in [0.29, 0.717) is 0 Å². The molecule has 0 spiro atoms. The van der Waals surface area contributed by atoms with E-state index in [1.807, 2.05) is 6.07 Å². The Morgan fingerprint density at radius 1 is 0.913 bits per heavy atom. The number of rotatable bonds is 2. The zero-order chi connectivity index (χ0) is 15.6. The largest absolute Gasteiger partial charge is 0.353 e. The maximum Gasteiger partial charge on any atom is 0.162 e. The SMILES string of the molecule is Cc1ccc(-c2nc(N3CCNCC3)c3ccccc3n2)cc1. The Bertz CT molecular complexity index is 820. The van der Waals surface area contributed by atoms with Crippen LogP contribution < -0.4 is 10.2 Å². The average Bonchev–Trinajstić information content (AvgIpc) is 2.62. The minimum Gasteiger partial charge on any atom is -0.353 e. The highest BCUT2D eigenvalue weighted by Gasteiger charge is 2.17. The van der Waals surface area contributed by atoms with Gasteiger partial charge in [-0.25, -0.2) is 9.97 Å². The molecule has 1 N–H and O–H groups in total. The van der Waals surface area contributed by atoms with Crippen molar-refractivity contribution in [2.24, 2.45) is 0 Å². The van der Waals surface area contributed by atoms with Gasteiger partial charge in [-0.15, -0.1) is 0 Å². The van der Waals surface area contributed by atoms with Crippen LogP contribution in [0.3, 0.4) is 0 Å². The zero-order valence-electron chi connectivity index (χ0n) is 13.3. The lowest BCUT2D eigenvalue weighted by molar-refractivity contribution is 0.586. The lowest BCUT2D eigenvalue weighted by Gasteiger charge is -2.29. The molecule has 0 aliphatic carbocycles. The second kappa shape index (κ2) is 5.97. The summed E-state index contributed by atoms with van der Waals surface area (Å²) in [5.41, 5.74) is 3.32. The summed E-state index contributed by atoms with van der Waals surface area (Å²) < 4.78 is 0. The number of para-hydroxylation sites is 1. The van der Waals surface area contributed by atoms with Crippen LogP contribution in [0.1, 0.15) is 5.56 Å². The lowest BCUT2D eigenvalue weighted by atomic mass is 10.1. The molecule has 1 aliphatic rings. The molecular formula is C19H20N4. The van der Waals surface area contributed by atoms with Crippen LogP contribution in [0.5, 0.6) is 0 Å². The molecule has 1 aliphatic heterocycles. The van der Waals surface area contributed by atoms with Crippen molar-refractivity contribution in [2.45, 2.75) is 6.92 Å². The van der Waals surface area contributed by atoms with Crippen LogP contribution in [0, 0.1) is 6.92 Å². The molecule has 1 aromatic heterocycles. The summed E-state index contributed by atoms with van der Waals surface area (Å²) in [6.45, 7) is 6.05. The molecule has 0 amide bonds. The first-order valence-corrected chi connectivity index (χ1v) is 8.11. The lowest BCUT2D eigenvalue weighted by Crippen LogP contribution is -2.44. The topological polar surface area (TPSA) is 41.1 Å². The molecule has 0 unspecified atom stereocenters. The molecule has 4 rings (SSSR count). The standard InChI is InChI=1S/C19H20N4/c1-14-6-8-15(9-7-14)18-21-17-5-3-2-4-16(17)19(22-18)23-12-10-20-11-13-23/h2-9,20H,10-13H2,1H3. The van der Waals surface area contributed by atoms with Gasteiger partial charge in [-0.2, -0.15) is 0 Å². The molecule has 116 valence electrons. The van der Waals surface area contributed by atoms with Crippen LogP contribution in [0.15, 0.2) is 48.5 Å². The van der Waals surface area contributed by atoms with E-state index in [2.05, 4.69) is 59.6 Å². The van der Waals surface area contributed by atoms with Gasteiger partial charge in [0.05, 0.1) is 5.52 Å². The number of hydrogen-bond donors (Lipinski definition) is 1. The van der Waals surface area contributed by atoms with Crippen molar-refractivity contribution in [3.05, 3.63) is 54.1 Å². The first-order valence-electron chi connectivity index (χ1n) is 8.11. The van der Waals surface area contributed by atoms with Crippen molar-refractivity contribution in [2.75, 3.05) is 31.1 Å². The van der Waals surface area contributed by atoms with E-state index in [4.69, 9.17) is 9.97 Å². The van der Waals surface area contributed by atoms with E-state index in [9.17, 15) is 0 Å². The smallest absolute Gasteiger partial charge is 0.162 e. The number of piperazine rings is 1. The van der Waals surface area contributed by atoms with Crippen LogP contribution in [0.2, 0.25) is 0 Å². The van der Waals surface area contributed by atoms with Gasteiger partial charge in [0.1, 0.15) is 5.82 Å². The molecule has 0 atom stereocenters. The van der Waals surface area contributed by atoms with Gasteiger partial charge < -0.3 is 10.2 Å². The zero-order valence-corrected chi connectivity index (χ0v) is 13.3. The number of nitrogens with one attached hydrogen (secondary N) is 1. The molecule has 2 heterocycles. The van der Waals surface area contributed by atoms with Crippen LogP contribution >= 0.6 is 0 Å². The Labute approximate surface area is 136 Å². The Balaban J connectivity index is 1.87. The molecule has 0 bridgehead atoms. The number of aromatic nitrogens is 2. The van der Waals surface area contributed by atoms with E-state index in [1.54, 1.807) is 0 Å². The summed E-state index contributed by atoms with van der Waals surface area (Å²) in [6, 6.07) is 16.7. The normalized spacial score (nSPS) is 15.1. The Morgan fingerprint density at radius 3 is 2.43 bits per heavy atom. The van der Waals surface area contributed by atoms with Gasteiger partial charge in [0.15, 0.2) is 5.82 Å². The second-order valence-electron chi connectivity index (χ2n) is 5.99. The molecule has 23 heavy (non-hydrogen) atoms. The predicted molar refractivity (Wildman–Crippen MR) is 94.8 cm³/mol. The fraction of sp³-hybridized carbons (Fsp3) is 0.263. The summed E-state index contributed by atoms with van der Waals surface area (Å²) in [5.74, 6) is 1.85. The van der Waals surface area contributed by atoms with Gasteiger partial charge in [0.25, 0.3) is 0 Å². The predicted octanol–water partition coefficient (Wildman–Crippen LogP) is 3.01. The third-order valence-electron chi connectivity index (χ3n) is 4.31. The molecule has 0 radical (unpaired) electrons. The quantitative estimate of drug-likeness (QED) is 0.790. The van der Waals surface area contributed by atoms with Gasteiger partial charge >= 0.3 is 0 Å². The van der Waals surface area contributed by atoms with Crippen molar-refractivity contribution in [1.29, 1.82) is 0 Å². The van der Waals surface area contributed by atoms with Gasteiger partial charge in [0, 0.05) is 37.1 Å². The summed E-state index contributed by atoms with van der Waals surface area (Å²) in [7, 11) is 0. The van der Waals surface area contributed by atoms with E-state index in [0.717, 1.165) is 54.3 Å². The minimum atomic E-state index is 0.803. The molecule has 2 aromatic carbocycles. The Morgan fingerprint density at radius 2 is 1.65 bits per heavy atom. The number of anilines is 1. The molecule has 1 fully saturated rings. The second-order valence-corrected chi connectivity index (χ2v) is 5.99. The van der Waals surface area contributed by atoms with Gasteiger partial charge in [-0.1, -0.05) is 42.0 Å². The number of nitrogens with zero attached hydrogens (tertiary/aromatic N) is 3. The van der Waals surface area contributed by atoms with Crippen molar-refractivity contribution < 1.29 is 0 Å². The minimum absolute atomic E-state index is 0.803. The Kier molecular flexibility index (Phi) is 3.67. The highest BCUT2D eigenvalue weighted by atomic mass is 15.2. The average molecular weight is 304 g/mol. The van der Waals surface area contributed by atoms with E-state index >= 15 is 0 Å². The van der Waals surface area contributed by atoms with Gasteiger partial charge in [-0.3, -0.25) is 0 Å². The molecule has 4 nitrogen and oxygen atoms in total. The van der Waals surface area contributed by atoms with Crippen LogP contribution in [0.25, 0.3) is 22.3 Å². The number of fused-ring (bicyclic) bond motifs is 1. The maximum absolute atomic E-state index is 4.91. The van der Waals surface area contributed by atoms with E-state index < -0.39 is 0 Å². The molecule has 0 saturated carbocycles. The number of benzene rings is 2. The van der Waals surface area contributed by atoms with Crippen LogP contribution in [0.4, 0.5) is 5.82 Å². The summed E-state index contributed by atoms with van der Waals surface area (Å²) >= 11 is 0. The molecule has 4 heteroatoms. The monoisotopic (exact) mass is 304 g/mol. The van der Waals surface area contributed by atoms with Gasteiger partial charge in [0.2, 0.25) is 0 Å². The van der Waals surface area contributed by atoms with Gasteiger partial charge in [-0.05, 0) is 19.1 Å². The third kappa shape index (κ3) is 2.78. The first kappa shape index (κ1) is 14.2. The highest BCUT2D eigenvalue weighted by Crippen LogP contribution is 2.27. The summed E-state index contributed by atoms with van der Waals surface area (Å²) in [4.78, 5) is 12.0. The molecular weight excluding hydrogens is 284 g/mol.